The summed E-state index contributed by atoms with van der Waals surface area (Å²) in [5, 5.41) is 11.7. The Kier molecular flexibility index (Phi) is 5.98. The van der Waals surface area contributed by atoms with Gasteiger partial charge in [0.05, 0.1) is 0 Å². The highest BCUT2D eigenvalue weighted by Crippen LogP contribution is 2.17. The second-order valence-corrected chi connectivity index (χ2v) is 5.73. The lowest BCUT2D eigenvalue weighted by atomic mass is 10.1. The fourth-order valence-electron chi connectivity index (χ4n) is 2.07. The van der Waals surface area contributed by atoms with Crippen LogP contribution in [0.5, 0.6) is 0 Å². The van der Waals surface area contributed by atoms with Crippen molar-refractivity contribution < 1.29 is 14.3 Å². The van der Waals surface area contributed by atoms with Crippen LogP contribution in [0.1, 0.15) is 21.5 Å². The van der Waals surface area contributed by atoms with E-state index < -0.39 is 0 Å². The zero-order valence-corrected chi connectivity index (χ0v) is 13.1. The zero-order chi connectivity index (χ0) is 15.9. The summed E-state index contributed by atoms with van der Waals surface area (Å²) in [5.74, 6) is -0.0282. The third kappa shape index (κ3) is 4.32. The predicted molar refractivity (Wildman–Crippen MR) is 88.8 cm³/mol. The zero-order valence-electron chi connectivity index (χ0n) is 12.3. The highest BCUT2D eigenvalue weighted by Gasteiger charge is 2.10. The van der Waals surface area contributed by atoms with Gasteiger partial charge in [0.25, 0.3) is 5.91 Å². The molecule has 0 atom stereocenters. The topological polar surface area (TPSA) is 49.3 Å². The second kappa shape index (κ2) is 7.96. The molecule has 5 heteroatoms. The van der Waals surface area contributed by atoms with Crippen molar-refractivity contribution >= 4 is 23.4 Å². The summed E-state index contributed by atoms with van der Waals surface area (Å²) in [6, 6.07) is 11.7. The average Bonchev–Trinajstić information content (AvgIpc) is 2.52. The molecule has 0 spiro atoms. The molecule has 0 heterocycles. The summed E-state index contributed by atoms with van der Waals surface area (Å²) in [7, 11) is 0. The van der Waals surface area contributed by atoms with Crippen LogP contribution in [-0.4, -0.2) is 23.9 Å². The first-order valence-corrected chi connectivity index (χ1v) is 8.32. The third-order valence-electron chi connectivity index (χ3n) is 3.22. The van der Waals surface area contributed by atoms with E-state index in [1.54, 1.807) is 18.2 Å². The number of rotatable bonds is 6. The van der Waals surface area contributed by atoms with Gasteiger partial charge in [0.2, 0.25) is 0 Å². The molecule has 0 unspecified atom stereocenters. The Morgan fingerprint density at radius 3 is 2.59 bits per heavy atom. The fourth-order valence-corrected chi connectivity index (χ4v) is 2.60. The highest BCUT2D eigenvalue weighted by atomic mass is 32.2. The number of aliphatic hydroxyl groups excluding tert-OH is 1. The summed E-state index contributed by atoms with van der Waals surface area (Å²) >= 11 is 1.51. The van der Waals surface area contributed by atoms with Crippen LogP contribution in [0.15, 0.2) is 42.5 Å². The Bertz CT molecular complexity index is 644. The van der Waals surface area contributed by atoms with Crippen molar-refractivity contribution in [2.45, 2.75) is 12.2 Å². The Hall–Kier alpha value is -1.85. The van der Waals surface area contributed by atoms with E-state index in [9.17, 15) is 9.18 Å². The van der Waals surface area contributed by atoms with Gasteiger partial charge in [-0.1, -0.05) is 12.1 Å². The lowest BCUT2D eigenvalue weighted by Gasteiger charge is -2.08. The van der Waals surface area contributed by atoms with Gasteiger partial charge in [-0.05, 0) is 54.1 Å². The number of carbonyl (C=O) groups is 1. The Balaban J connectivity index is 2.09. The average molecular weight is 319 g/mol. The number of carbonyl (C=O) groups excluding carboxylic acids is 1. The first-order valence-electron chi connectivity index (χ1n) is 6.92. The van der Waals surface area contributed by atoms with Crippen LogP contribution >= 0.6 is 11.8 Å². The molecule has 2 rings (SSSR count). The molecule has 1 amide bonds. The van der Waals surface area contributed by atoms with Crippen LogP contribution in [-0.2, 0) is 12.2 Å². The standard InChI is InChI=1S/C17H18FNO2S/c1-22-11-14-10-13(4-7-16(14)18)17(21)19-15-5-2-12(3-6-15)8-9-20/h2-7,10,20H,8-9,11H2,1H3,(H,19,21). The molecule has 0 fully saturated rings. The molecule has 3 nitrogen and oxygen atoms in total. The van der Waals surface area contributed by atoms with Crippen molar-refractivity contribution in [3.63, 3.8) is 0 Å². The summed E-state index contributed by atoms with van der Waals surface area (Å²) in [6.45, 7) is 0.0967. The SMILES string of the molecule is CSCc1cc(C(=O)Nc2ccc(CCO)cc2)ccc1F. The first kappa shape index (κ1) is 16.5. The lowest BCUT2D eigenvalue weighted by molar-refractivity contribution is 0.102. The molecule has 2 aromatic rings. The smallest absolute Gasteiger partial charge is 0.255 e. The van der Waals surface area contributed by atoms with Crippen LogP contribution in [0, 0.1) is 5.82 Å². The van der Waals surface area contributed by atoms with E-state index in [0.29, 0.717) is 29.0 Å². The number of hydrogen-bond acceptors (Lipinski definition) is 3. The number of anilines is 1. The van der Waals surface area contributed by atoms with Gasteiger partial charge in [-0.2, -0.15) is 11.8 Å². The Labute approximate surface area is 133 Å². The number of aliphatic hydroxyl groups is 1. The van der Waals surface area contributed by atoms with Crippen LogP contribution < -0.4 is 5.32 Å². The predicted octanol–water partition coefficient (Wildman–Crippen LogP) is 3.48. The molecule has 0 bridgehead atoms. The fraction of sp³-hybridized carbons (Fsp3) is 0.235. The van der Waals surface area contributed by atoms with E-state index in [1.807, 2.05) is 18.4 Å². The quantitative estimate of drug-likeness (QED) is 0.857. The number of hydrogen-bond donors (Lipinski definition) is 2. The molecule has 22 heavy (non-hydrogen) atoms. The van der Waals surface area contributed by atoms with Crippen LogP contribution in [0.4, 0.5) is 10.1 Å². The van der Waals surface area contributed by atoms with Gasteiger partial charge in [-0.15, -0.1) is 0 Å². The van der Waals surface area contributed by atoms with Gasteiger partial charge in [0.15, 0.2) is 0 Å². The third-order valence-corrected chi connectivity index (χ3v) is 3.82. The maximum absolute atomic E-state index is 13.6. The van der Waals surface area contributed by atoms with E-state index in [4.69, 9.17) is 5.11 Å². The molecule has 0 aromatic heterocycles. The molecule has 2 N–H and O–H groups in total. The first-order chi connectivity index (χ1) is 10.6. The normalized spacial score (nSPS) is 10.5. The Morgan fingerprint density at radius 2 is 1.95 bits per heavy atom. The molecule has 0 saturated carbocycles. The summed E-state index contributed by atoms with van der Waals surface area (Å²) in [5.41, 5.74) is 2.63. The second-order valence-electron chi connectivity index (χ2n) is 4.86. The minimum atomic E-state index is -0.292. The van der Waals surface area contributed by atoms with Crippen molar-refractivity contribution in [3.05, 3.63) is 65.0 Å². The number of thioether (sulfide) groups is 1. The number of amides is 1. The van der Waals surface area contributed by atoms with Crippen LogP contribution in [0.2, 0.25) is 0 Å². The molecule has 0 aliphatic heterocycles. The van der Waals surface area contributed by atoms with E-state index in [1.165, 1.54) is 23.9 Å². The minimum absolute atomic E-state index is 0.0967. The molecule has 0 aliphatic rings. The lowest BCUT2D eigenvalue weighted by Crippen LogP contribution is -2.12. The van der Waals surface area contributed by atoms with Crippen molar-refractivity contribution in [1.29, 1.82) is 0 Å². The van der Waals surface area contributed by atoms with E-state index >= 15 is 0 Å². The summed E-state index contributed by atoms with van der Waals surface area (Å²) in [4.78, 5) is 12.2. The molecule has 0 saturated heterocycles. The monoisotopic (exact) mass is 319 g/mol. The van der Waals surface area contributed by atoms with Crippen molar-refractivity contribution in [2.24, 2.45) is 0 Å². The van der Waals surface area contributed by atoms with Gasteiger partial charge < -0.3 is 10.4 Å². The van der Waals surface area contributed by atoms with Gasteiger partial charge >= 0.3 is 0 Å². The van der Waals surface area contributed by atoms with Crippen LogP contribution in [0.25, 0.3) is 0 Å². The molecular formula is C17H18FNO2S. The number of halogens is 1. The molecule has 2 aromatic carbocycles. The van der Waals surface area contributed by atoms with E-state index in [0.717, 1.165) is 5.56 Å². The minimum Gasteiger partial charge on any atom is -0.396 e. The van der Waals surface area contributed by atoms with Crippen molar-refractivity contribution in [2.75, 3.05) is 18.2 Å². The molecular weight excluding hydrogens is 301 g/mol. The van der Waals surface area contributed by atoms with E-state index in [-0.39, 0.29) is 18.3 Å². The largest absolute Gasteiger partial charge is 0.396 e. The van der Waals surface area contributed by atoms with Gasteiger partial charge in [0, 0.05) is 23.6 Å². The van der Waals surface area contributed by atoms with Crippen molar-refractivity contribution in [3.8, 4) is 0 Å². The van der Waals surface area contributed by atoms with Crippen molar-refractivity contribution in [1.82, 2.24) is 0 Å². The summed E-state index contributed by atoms with van der Waals surface area (Å²) in [6.07, 6.45) is 2.48. The van der Waals surface area contributed by atoms with E-state index in [2.05, 4.69) is 5.32 Å². The maximum Gasteiger partial charge on any atom is 0.255 e. The number of nitrogens with one attached hydrogen (secondary N) is 1. The van der Waals surface area contributed by atoms with Crippen LogP contribution in [0.3, 0.4) is 0 Å². The Morgan fingerprint density at radius 1 is 1.23 bits per heavy atom. The van der Waals surface area contributed by atoms with Gasteiger partial charge in [0.1, 0.15) is 5.82 Å². The maximum atomic E-state index is 13.6. The van der Waals surface area contributed by atoms with Gasteiger partial charge in [-0.3, -0.25) is 4.79 Å². The molecule has 0 radical (unpaired) electrons. The summed E-state index contributed by atoms with van der Waals surface area (Å²) < 4.78 is 13.6. The van der Waals surface area contributed by atoms with Gasteiger partial charge in [-0.25, -0.2) is 4.39 Å². The highest BCUT2D eigenvalue weighted by molar-refractivity contribution is 7.97. The molecule has 0 aliphatic carbocycles. The molecule has 116 valence electrons. The number of benzene rings is 2.